The van der Waals surface area contributed by atoms with E-state index in [-0.39, 0.29) is 5.92 Å². The van der Waals surface area contributed by atoms with Crippen molar-refractivity contribution < 1.29 is 32.7 Å². The minimum absolute atomic E-state index is 0.0188. The van der Waals surface area contributed by atoms with E-state index in [1.807, 2.05) is 20.8 Å². The molecule has 0 heterocycles. The van der Waals surface area contributed by atoms with E-state index in [4.69, 9.17) is 21.5 Å². The fraction of sp³-hybridized carbons (Fsp3) is 0.750. The quantitative estimate of drug-likeness (QED) is 0.331. The number of hydrogen-bond donors (Lipinski definition) is 4. The average molecular weight is 344 g/mol. The van der Waals surface area contributed by atoms with Crippen LogP contribution in [0, 0.1) is 5.92 Å². The average Bonchev–Trinajstić information content (AvgIpc) is 2.42. The zero-order valence-corrected chi connectivity index (χ0v) is 13.2. The molecule has 1 atom stereocenters. The third-order valence-electron chi connectivity index (χ3n) is 2.51. The van der Waals surface area contributed by atoms with Crippen molar-refractivity contribution in [3.05, 3.63) is 0 Å². The second-order valence-electron chi connectivity index (χ2n) is 4.91. The normalized spacial score (nSPS) is 12.0. The fourth-order valence-electron chi connectivity index (χ4n) is 0.993. The smallest absolute Gasteiger partial charge is 0.475 e. The molecular weight excluding hydrogens is 321 g/mol. The van der Waals surface area contributed by atoms with Crippen LogP contribution >= 0.6 is 0 Å². The maximum Gasteiger partial charge on any atom is 0.490 e. The molecule has 8 nitrogen and oxygen atoms in total. The van der Waals surface area contributed by atoms with Gasteiger partial charge < -0.3 is 10.8 Å². The van der Waals surface area contributed by atoms with E-state index in [1.165, 1.54) is 0 Å². The van der Waals surface area contributed by atoms with Gasteiger partial charge in [-0.3, -0.25) is 15.1 Å². The summed E-state index contributed by atoms with van der Waals surface area (Å²) in [6.45, 7) is 6.04. The molecule has 0 radical (unpaired) electrons. The van der Waals surface area contributed by atoms with Gasteiger partial charge in [-0.2, -0.15) is 13.2 Å². The first-order chi connectivity index (χ1) is 10.3. The van der Waals surface area contributed by atoms with Gasteiger partial charge in [0.2, 0.25) is 5.91 Å². The van der Waals surface area contributed by atoms with Crippen molar-refractivity contribution in [1.82, 2.24) is 10.3 Å². The Morgan fingerprint density at radius 2 is 1.70 bits per heavy atom. The van der Waals surface area contributed by atoms with Gasteiger partial charge in [-0.25, -0.2) is 15.4 Å². The third-order valence-corrected chi connectivity index (χ3v) is 2.51. The molecule has 0 aliphatic rings. The predicted molar refractivity (Wildman–Crippen MR) is 75.8 cm³/mol. The van der Waals surface area contributed by atoms with Crippen LogP contribution in [0.5, 0.6) is 0 Å². The number of nitrogens with two attached hydrogens (primary N) is 2. The molecule has 0 rings (SSSR count). The lowest BCUT2D eigenvalue weighted by atomic mass is 10.1. The van der Waals surface area contributed by atoms with Crippen LogP contribution in [0.3, 0.4) is 0 Å². The first kappa shape index (κ1) is 23.4. The molecule has 0 aromatic rings. The van der Waals surface area contributed by atoms with Crippen molar-refractivity contribution in [2.45, 2.75) is 45.8 Å². The Hall–Kier alpha value is -1.88. The van der Waals surface area contributed by atoms with Gasteiger partial charge in [0.1, 0.15) is 0 Å². The summed E-state index contributed by atoms with van der Waals surface area (Å²) in [6.07, 6.45) is -3.35. The topological polar surface area (TPSA) is 139 Å². The molecule has 3 amide bonds. The number of hydrogen-bond acceptors (Lipinski definition) is 5. The van der Waals surface area contributed by atoms with Crippen molar-refractivity contribution in [2.75, 3.05) is 6.54 Å². The Morgan fingerprint density at radius 3 is 2.00 bits per heavy atom. The number of halogens is 3. The zero-order chi connectivity index (χ0) is 18.8. The van der Waals surface area contributed by atoms with E-state index in [2.05, 4.69) is 5.32 Å². The standard InChI is InChI=1S/C10H22N4O2.C2HF3O2/c1-4-5-6-14(12)10(16)13-9(15)8(11)7(2)3;3-2(4,5)1(6)7/h7-8H,4-6,11-12H2,1-3H3,(H,13,15,16);(H,6,7). The van der Waals surface area contributed by atoms with Crippen molar-refractivity contribution >= 4 is 17.9 Å². The van der Waals surface area contributed by atoms with Gasteiger partial charge in [0.15, 0.2) is 0 Å². The Bertz CT molecular complexity index is 402. The molecule has 0 aromatic carbocycles. The van der Waals surface area contributed by atoms with Crippen LogP contribution in [-0.2, 0) is 9.59 Å². The highest BCUT2D eigenvalue weighted by atomic mass is 19.4. The number of rotatable bonds is 5. The van der Waals surface area contributed by atoms with E-state index in [0.717, 1.165) is 17.9 Å². The third kappa shape index (κ3) is 11.4. The van der Waals surface area contributed by atoms with Crippen LogP contribution < -0.4 is 16.9 Å². The molecule has 0 saturated heterocycles. The number of nitrogens with one attached hydrogen (secondary N) is 1. The number of nitrogens with zero attached hydrogens (tertiary/aromatic N) is 1. The monoisotopic (exact) mass is 344 g/mol. The van der Waals surface area contributed by atoms with Gasteiger partial charge in [0.05, 0.1) is 6.04 Å². The predicted octanol–water partition coefficient (Wildman–Crippen LogP) is 0.815. The SMILES string of the molecule is CCCCN(N)C(=O)NC(=O)C(N)C(C)C.O=C(O)C(F)(F)F. The lowest BCUT2D eigenvalue weighted by Crippen LogP contribution is -2.52. The van der Waals surface area contributed by atoms with Crippen LogP contribution in [0.4, 0.5) is 18.0 Å². The lowest BCUT2D eigenvalue weighted by molar-refractivity contribution is -0.192. The summed E-state index contributed by atoms with van der Waals surface area (Å²) in [5.74, 6) is 2.19. The van der Waals surface area contributed by atoms with Gasteiger partial charge in [0.25, 0.3) is 0 Å². The second kappa shape index (κ2) is 10.8. The van der Waals surface area contributed by atoms with E-state index in [9.17, 15) is 22.8 Å². The van der Waals surface area contributed by atoms with E-state index in [1.54, 1.807) is 0 Å². The number of unbranched alkanes of at least 4 members (excludes halogenated alkanes) is 1. The highest BCUT2D eigenvalue weighted by molar-refractivity contribution is 5.96. The summed E-state index contributed by atoms with van der Waals surface area (Å²) in [5.41, 5.74) is 5.58. The Labute approximate surface area is 131 Å². The molecule has 136 valence electrons. The van der Waals surface area contributed by atoms with Crippen LogP contribution in [0.1, 0.15) is 33.6 Å². The van der Waals surface area contributed by atoms with Gasteiger partial charge in [-0.1, -0.05) is 27.2 Å². The fourth-order valence-corrected chi connectivity index (χ4v) is 0.993. The van der Waals surface area contributed by atoms with Crippen molar-refractivity contribution in [3.63, 3.8) is 0 Å². The summed E-state index contributed by atoms with van der Waals surface area (Å²) in [5, 5.41) is 10.3. The summed E-state index contributed by atoms with van der Waals surface area (Å²) in [6, 6.07) is -1.29. The van der Waals surface area contributed by atoms with Crippen LogP contribution in [0.2, 0.25) is 0 Å². The molecule has 11 heteroatoms. The van der Waals surface area contributed by atoms with Gasteiger partial charge in [0, 0.05) is 6.54 Å². The van der Waals surface area contributed by atoms with Gasteiger partial charge in [-0.05, 0) is 12.3 Å². The number of carbonyl (C=O) groups excluding carboxylic acids is 2. The molecule has 0 spiro atoms. The molecule has 1 unspecified atom stereocenters. The molecule has 6 N–H and O–H groups in total. The van der Waals surface area contributed by atoms with Crippen LogP contribution in [0.25, 0.3) is 0 Å². The first-order valence-electron chi connectivity index (χ1n) is 6.77. The Kier molecular flexibility index (Phi) is 11.0. The highest BCUT2D eigenvalue weighted by Crippen LogP contribution is 2.13. The molecule has 0 fully saturated rings. The van der Waals surface area contributed by atoms with E-state index >= 15 is 0 Å². The largest absolute Gasteiger partial charge is 0.490 e. The molecule has 23 heavy (non-hydrogen) atoms. The van der Waals surface area contributed by atoms with E-state index in [0.29, 0.717) is 6.54 Å². The number of carboxylic acids is 1. The number of amides is 3. The Morgan fingerprint density at radius 1 is 1.26 bits per heavy atom. The number of urea groups is 1. The highest BCUT2D eigenvalue weighted by Gasteiger charge is 2.38. The van der Waals surface area contributed by atoms with Crippen LogP contribution in [0.15, 0.2) is 0 Å². The summed E-state index contributed by atoms with van der Waals surface area (Å²) < 4.78 is 31.7. The minimum Gasteiger partial charge on any atom is -0.475 e. The number of carboxylic acid groups (broad SMARTS) is 1. The maximum absolute atomic E-state index is 11.4. The molecule has 0 aliphatic heterocycles. The number of aliphatic carboxylic acids is 1. The Balaban J connectivity index is 0. The molecule has 0 aromatic heterocycles. The second-order valence-corrected chi connectivity index (χ2v) is 4.91. The maximum atomic E-state index is 11.4. The molecule has 0 bridgehead atoms. The minimum atomic E-state index is -5.08. The number of imide groups is 1. The summed E-state index contributed by atoms with van der Waals surface area (Å²) >= 11 is 0. The molecular formula is C12H23F3N4O4. The van der Waals surface area contributed by atoms with E-state index < -0.39 is 30.1 Å². The van der Waals surface area contributed by atoms with Gasteiger partial charge >= 0.3 is 18.2 Å². The number of carbonyl (C=O) groups is 3. The molecule has 0 aliphatic carbocycles. The van der Waals surface area contributed by atoms with Crippen molar-refractivity contribution in [2.24, 2.45) is 17.5 Å². The molecule has 0 saturated carbocycles. The van der Waals surface area contributed by atoms with Crippen molar-refractivity contribution in [3.8, 4) is 0 Å². The number of alkyl halides is 3. The number of hydrazine groups is 1. The van der Waals surface area contributed by atoms with Crippen LogP contribution in [-0.4, -0.2) is 46.8 Å². The lowest BCUT2D eigenvalue weighted by Gasteiger charge is -2.19. The summed E-state index contributed by atoms with van der Waals surface area (Å²) in [4.78, 5) is 31.7. The summed E-state index contributed by atoms with van der Waals surface area (Å²) in [7, 11) is 0. The zero-order valence-electron chi connectivity index (χ0n) is 13.2. The van der Waals surface area contributed by atoms with Crippen molar-refractivity contribution in [1.29, 1.82) is 0 Å². The first-order valence-corrected chi connectivity index (χ1v) is 6.77. The van der Waals surface area contributed by atoms with Gasteiger partial charge in [-0.15, -0.1) is 0 Å².